The lowest BCUT2D eigenvalue weighted by atomic mass is 9.89. The van der Waals surface area contributed by atoms with Crippen molar-refractivity contribution in [2.24, 2.45) is 0 Å². The summed E-state index contributed by atoms with van der Waals surface area (Å²) in [7, 11) is 0. The van der Waals surface area contributed by atoms with Crippen molar-refractivity contribution in [2.45, 2.75) is 51.8 Å². The first-order valence-electron chi connectivity index (χ1n) is 13.8. The highest BCUT2D eigenvalue weighted by Gasteiger charge is 2.37. The quantitative estimate of drug-likeness (QED) is 0.454. The molecule has 0 fully saturated rings. The van der Waals surface area contributed by atoms with Gasteiger partial charge in [0.25, 0.3) is 5.91 Å². The van der Waals surface area contributed by atoms with Crippen LogP contribution in [0, 0.1) is 0 Å². The molecule has 2 aromatic rings. The van der Waals surface area contributed by atoms with E-state index in [0.717, 1.165) is 23.2 Å². The second kappa shape index (κ2) is 12.6. The number of allylic oxidation sites excluding steroid dienone is 2. The molecule has 3 aliphatic rings. The SMILES string of the molecule is CCOC(=O)N1C=COC(C2=C(C(=O)N3c4ccccc4C(NC(=O)OCc4ccccc4)CC3C)C=CCC2)=C1. The second-order valence-electron chi connectivity index (χ2n) is 9.91. The van der Waals surface area contributed by atoms with E-state index < -0.39 is 12.2 Å². The number of para-hydroxylation sites is 1. The van der Waals surface area contributed by atoms with Crippen LogP contribution in [0.2, 0.25) is 0 Å². The van der Waals surface area contributed by atoms with Crippen LogP contribution in [0.1, 0.15) is 50.3 Å². The zero-order valence-corrected chi connectivity index (χ0v) is 23.1. The molecule has 212 valence electrons. The zero-order chi connectivity index (χ0) is 28.8. The third-order valence-corrected chi connectivity index (χ3v) is 7.16. The molecule has 2 atom stereocenters. The maximum absolute atomic E-state index is 14.2. The average molecular weight is 556 g/mol. The number of nitrogens with one attached hydrogen (secondary N) is 1. The highest BCUT2D eigenvalue weighted by Crippen LogP contribution is 2.39. The monoisotopic (exact) mass is 555 g/mol. The Morgan fingerprint density at radius 1 is 1.05 bits per heavy atom. The fraction of sp³-hybridized carbons (Fsp3) is 0.281. The molecule has 1 aliphatic carbocycles. The number of carbonyl (C=O) groups excluding carboxylic acids is 3. The standard InChI is InChI=1S/C32H33N3O6/c1-3-39-32(38)34-17-18-40-29(20-34)24-13-7-8-14-25(24)30(36)35-22(2)19-27(26-15-9-10-16-28(26)35)33-31(37)41-21-23-11-5-4-6-12-23/h4-6,8-12,14-18,20,22,27H,3,7,13,19,21H2,1-2H3,(H,33,37). The molecule has 2 heterocycles. The lowest BCUT2D eigenvalue weighted by Gasteiger charge is -2.40. The summed E-state index contributed by atoms with van der Waals surface area (Å²) < 4.78 is 16.3. The molecule has 3 amide bonds. The molecule has 0 bridgehead atoms. The van der Waals surface area contributed by atoms with E-state index in [4.69, 9.17) is 14.2 Å². The van der Waals surface area contributed by atoms with Gasteiger partial charge in [0.05, 0.1) is 25.0 Å². The molecule has 9 nitrogen and oxygen atoms in total. The first-order valence-corrected chi connectivity index (χ1v) is 13.8. The maximum atomic E-state index is 14.2. The number of carbonyl (C=O) groups is 3. The van der Waals surface area contributed by atoms with Crippen molar-refractivity contribution in [3.05, 3.63) is 113 Å². The molecule has 0 aromatic heterocycles. The number of rotatable bonds is 6. The molecule has 5 rings (SSSR count). The molecule has 0 spiro atoms. The van der Waals surface area contributed by atoms with Crippen molar-refractivity contribution in [1.29, 1.82) is 0 Å². The summed E-state index contributed by atoms with van der Waals surface area (Å²) in [5, 5.41) is 2.99. The summed E-state index contributed by atoms with van der Waals surface area (Å²) >= 11 is 0. The number of fused-ring (bicyclic) bond motifs is 1. The predicted octanol–water partition coefficient (Wildman–Crippen LogP) is 6.23. The number of amides is 3. The fourth-order valence-electron chi connectivity index (χ4n) is 5.25. The summed E-state index contributed by atoms with van der Waals surface area (Å²) in [6.45, 7) is 4.12. The van der Waals surface area contributed by atoms with Crippen LogP contribution in [0.3, 0.4) is 0 Å². The molecule has 0 radical (unpaired) electrons. The van der Waals surface area contributed by atoms with E-state index in [1.807, 2.05) is 73.7 Å². The van der Waals surface area contributed by atoms with Crippen molar-refractivity contribution in [2.75, 3.05) is 11.5 Å². The largest absolute Gasteiger partial charge is 0.462 e. The van der Waals surface area contributed by atoms with Crippen molar-refractivity contribution in [1.82, 2.24) is 10.2 Å². The minimum atomic E-state index is -0.524. The average Bonchev–Trinajstić information content (AvgIpc) is 3.00. The molecule has 9 heteroatoms. The molecule has 41 heavy (non-hydrogen) atoms. The van der Waals surface area contributed by atoms with Crippen molar-refractivity contribution in [3.8, 4) is 0 Å². The van der Waals surface area contributed by atoms with Gasteiger partial charge in [-0.2, -0.15) is 0 Å². The topological polar surface area (TPSA) is 97.4 Å². The van der Waals surface area contributed by atoms with Crippen LogP contribution in [-0.2, 0) is 25.6 Å². The first-order chi connectivity index (χ1) is 20.0. The first kappa shape index (κ1) is 27.8. The number of ether oxygens (including phenoxy) is 3. The number of hydrogen-bond acceptors (Lipinski definition) is 6. The van der Waals surface area contributed by atoms with E-state index in [1.54, 1.807) is 18.0 Å². The van der Waals surface area contributed by atoms with Gasteiger partial charge in [-0.1, -0.05) is 60.7 Å². The lowest BCUT2D eigenvalue weighted by molar-refractivity contribution is -0.115. The molecule has 0 saturated heterocycles. The summed E-state index contributed by atoms with van der Waals surface area (Å²) in [6, 6.07) is 16.5. The summed E-state index contributed by atoms with van der Waals surface area (Å²) in [6.07, 6.45) is 9.00. The predicted molar refractivity (Wildman–Crippen MR) is 153 cm³/mol. The minimum absolute atomic E-state index is 0.172. The summed E-state index contributed by atoms with van der Waals surface area (Å²) in [5.74, 6) is 0.245. The number of benzene rings is 2. The Hall–Kier alpha value is -4.79. The van der Waals surface area contributed by atoms with E-state index in [-0.39, 0.29) is 31.2 Å². The second-order valence-corrected chi connectivity index (χ2v) is 9.91. The Kier molecular flexibility index (Phi) is 8.53. The Bertz CT molecular complexity index is 1430. The van der Waals surface area contributed by atoms with Crippen molar-refractivity contribution < 1.29 is 28.6 Å². The van der Waals surface area contributed by atoms with Crippen molar-refractivity contribution >= 4 is 23.8 Å². The Balaban J connectivity index is 1.38. The number of anilines is 1. The van der Waals surface area contributed by atoms with Crippen LogP contribution in [0.5, 0.6) is 0 Å². The molecule has 2 unspecified atom stereocenters. The van der Waals surface area contributed by atoms with Crippen LogP contribution >= 0.6 is 0 Å². The minimum Gasteiger partial charge on any atom is -0.462 e. The van der Waals surface area contributed by atoms with Crippen LogP contribution < -0.4 is 10.2 Å². The number of hydrogen-bond donors (Lipinski definition) is 1. The van der Waals surface area contributed by atoms with Gasteiger partial charge in [-0.05, 0) is 50.3 Å². The van der Waals surface area contributed by atoms with E-state index in [0.29, 0.717) is 29.7 Å². The molecular formula is C32H33N3O6. The zero-order valence-electron chi connectivity index (χ0n) is 23.1. The molecule has 2 aliphatic heterocycles. The van der Waals surface area contributed by atoms with Gasteiger partial charge in [0, 0.05) is 22.9 Å². The molecular weight excluding hydrogens is 522 g/mol. The van der Waals surface area contributed by atoms with E-state index in [2.05, 4.69) is 5.32 Å². The lowest BCUT2D eigenvalue weighted by Crippen LogP contribution is -2.47. The van der Waals surface area contributed by atoms with Gasteiger partial charge in [0.15, 0.2) is 0 Å². The van der Waals surface area contributed by atoms with Crippen LogP contribution in [0.4, 0.5) is 15.3 Å². The van der Waals surface area contributed by atoms with Gasteiger partial charge < -0.3 is 24.4 Å². The maximum Gasteiger partial charge on any atom is 0.418 e. The van der Waals surface area contributed by atoms with E-state index in [1.165, 1.54) is 17.4 Å². The third-order valence-electron chi connectivity index (χ3n) is 7.16. The Labute approximate surface area is 239 Å². The van der Waals surface area contributed by atoms with Gasteiger partial charge in [-0.25, -0.2) is 9.59 Å². The van der Waals surface area contributed by atoms with Crippen LogP contribution in [0.25, 0.3) is 0 Å². The van der Waals surface area contributed by atoms with Gasteiger partial charge >= 0.3 is 12.2 Å². The molecule has 1 N–H and O–H groups in total. The number of nitrogens with zero attached hydrogens (tertiary/aromatic N) is 2. The number of alkyl carbamates (subject to hydrolysis) is 1. The Morgan fingerprint density at radius 2 is 1.83 bits per heavy atom. The summed E-state index contributed by atoms with van der Waals surface area (Å²) in [5.41, 5.74) is 3.67. The Morgan fingerprint density at radius 3 is 2.63 bits per heavy atom. The third kappa shape index (κ3) is 6.19. The van der Waals surface area contributed by atoms with Crippen LogP contribution in [-0.4, -0.2) is 35.6 Å². The van der Waals surface area contributed by atoms with E-state index >= 15 is 0 Å². The van der Waals surface area contributed by atoms with Gasteiger partial charge in [-0.15, -0.1) is 0 Å². The smallest absolute Gasteiger partial charge is 0.418 e. The van der Waals surface area contributed by atoms with Gasteiger partial charge in [0.1, 0.15) is 18.6 Å². The fourth-order valence-corrected chi connectivity index (χ4v) is 5.25. The van der Waals surface area contributed by atoms with E-state index in [9.17, 15) is 14.4 Å². The van der Waals surface area contributed by atoms with Gasteiger partial charge in [-0.3, -0.25) is 9.69 Å². The van der Waals surface area contributed by atoms with Gasteiger partial charge in [0.2, 0.25) is 0 Å². The van der Waals surface area contributed by atoms with Crippen LogP contribution in [0.15, 0.2) is 102 Å². The molecule has 2 aromatic carbocycles. The highest BCUT2D eigenvalue weighted by molar-refractivity contribution is 6.09. The van der Waals surface area contributed by atoms with Crippen molar-refractivity contribution in [3.63, 3.8) is 0 Å². The molecule has 0 saturated carbocycles. The highest BCUT2D eigenvalue weighted by atomic mass is 16.6. The normalized spacial score (nSPS) is 19.6. The summed E-state index contributed by atoms with van der Waals surface area (Å²) in [4.78, 5) is 42.3.